The van der Waals surface area contributed by atoms with Gasteiger partial charge in [0.1, 0.15) is 0 Å². The molecule has 2 atom stereocenters. The van der Waals surface area contributed by atoms with E-state index in [-0.39, 0.29) is 24.0 Å². The molecular formula is C14H24N4O. The maximum absolute atomic E-state index is 12.2. The fraction of sp³-hybridized carbons (Fsp3) is 0.714. The van der Waals surface area contributed by atoms with Crippen molar-refractivity contribution in [3.8, 4) is 0 Å². The average molecular weight is 264 g/mol. The number of nitrogens with zero attached hydrogens (tertiary/aromatic N) is 3. The molecule has 1 saturated heterocycles. The molecule has 0 saturated carbocycles. The summed E-state index contributed by atoms with van der Waals surface area (Å²) >= 11 is 0. The molecule has 0 radical (unpaired) electrons. The molecule has 2 heterocycles. The van der Waals surface area contributed by atoms with Crippen LogP contribution in [0.25, 0.3) is 0 Å². The molecule has 1 aliphatic rings. The Morgan fingerprint density at radius 2 is 2.21 bits per heavy atom. The second kappa shape index (κ2) is 5.33. The van der Waals surface area contributed by atoms with Gasteiger partial charge in [0.25, 0.3) is 0 Å². The Hall–Kier alpha value is -1.36. The number of hydrogen-bond acceptors (Lipinski definition) is 3. The van der Waals surface area contributed by atoms with Crippen molar-refractivity contribution in [3.63, 3.8) is 0 Å². The normalized spacial score (nSPS) is 24.3. The van der Waals surface area contributed by atoms with Crippen LogP contribution in [0.1, 0.15) is 50.9 Å². The van der Waals surface area contributed by atoms with Crippen LogP contribution in [-0.2, 0) is 18.3 Å². The van der Waals surface area contributed by atoms with E-state index in [0.29, 0.717) is 6.42 Å². The minimum Gasteiger partial charge on any atom is -0.332 e. The molecule has 0 bridgehead atoms. The lowest BCUT2D eigenvalue weighted by Crippen LogP contribution is -2.51. The zero-order valence-electron chi connectivity index (χ0n) is 12.3. The fourth-order valence-electron chi connectivity index (χ4n) is 3.00. The molecule has 1 aliphatic heterocycles. The average Bonchev–Trinajstić information content (AvgIpc) is 2.72. The Labute approximate surface area is 114 Å². The molecule has 5 nitrogen and oxygen atoms in total. The van der Waals surface area contributed by atoms with E-state index in [0.717, 1.165) is 24.1 Å². The maximum atomic E-state index is 12.2. The number of nitrogens with two attached hydrogens (primary N) is 1. The summed E-state index contributed by atoms with van der Waals surface area (Å²) in [4.78, 5) is 14.1. The summed E-state index contributed by atoms with van der Waals surface area (Å²) < 4.78 is 1.82. The van der Waals surface area contributed by atoms with Crippen LogP contribution in [0.3, 0.4) is 0 Å². The minimum absolute atomic E-state index is 0.00500. The molecule has 2 unspecified atom stereocenters. The number of piperidine rings is 1. The highest BCUT2D eigenvalue weighted by molar-refractivity contribution is 5.78. The molecule has 19 heavy (non-hydrogen) atoms. The van der Waals surface area contributed by atoms with Crippen molar-refractivity contribution in [2.75, 3.05) is 0 Å². The smallest absolute Gasteiger partial charge is 0.223 e. The van der Waals surface area contributed by atoms with Crippen LogP contribution in [0.15, 0.2) is 6.20 Å². The molecule has 2 rings (SSSR count). The molecule has 2 N–H and O–H groups in total. The van der Waals surface area contributed by atoms with Gasteiger partial charge in [-0.25, -0.2) is 0 Å². The van der Waals surface area contributed by atoms with Gasteiger partial charge in [0.05, 0.1) is 11.7 Å². The molecular weight excluding hydrogens is 240 g/mol. The zero-order chi connectivity index (χ0) is 14.2. The highest BCUT2D eigenvalue weighted by Gasteiger charge is 2.38. The number of aryl methyl sites for hydroxylation is 2. The predicted molar refractivity (Wildman–Crippen MR) is 74.5 cm³/mol. The molecule has 1 aromatic heterocycles. The van der Waals surface area contributed by atoms with Gasteiger partial charge in [-0.2, -0.15) is 5.10 Å². The van der Waals surface area contributed by atoms with Crippen LogP contribution in [-0.4, -0.2) is 32.7 Å². The Morgan fingerprint density at radius 1 is 1.53 bits per heavy atom. The van der Waals surface area contributed by atoms with Gasteiger partial charge in [-0.05, 0) is 26.7 Å². The third kappa shape index (κ3) is 2.52. The fourth-order valence-corrected chi connectivity index (χ4v) is 3.00. The first-order valence-electron chi connectivity index (χ1n) is 7.04. The Morgan fingerprint density at radius 3 is 2.79 bits per heavy atom. The number of likely N-dealkylation sites (tertiary alicyclic amines) is 1. The summed E-state index contributed by atoms with van der Waals surface area (Å²) in [6.07, 6.45) is 4.18. The quantitative estimate of drug-likeness (QED) is 0.897. The van der Waals surface area contributed by atoms with E-state index in [1.54, 1.807) is 0 Å². The van der Waals surface area contributed by atoms with Crippen molar-refractivity contribution >= 4 is 5.91 Å². The van der Waals surface area contributed by atoms with Gasteiger partial charge in [-0.15, -0.1) is 0 Å². The second-order valence-corrected chi connectivity index (χ2v) is 5.60. The van der Waals surface area contributed by atoms with Gasteiger partial charge >= 0.3 is 0 Å². The standard InChI is InChI=1S/C14H24N4O/c1-5-12-10(8-17(4)16-12)14-11(15)6-7-13(19)18(14)9(2)3/h8-9,11,14H,5-7,15H2,1-4H3. The summed E-state index contributed by atoms with van der Waals surface area (Å²) in [7, 11) is 1.92. The van der Waals surface area contributed by atoms with Crippen molar-refractivity contribution in [1.82, 2.24) is 14.7 Å². The third-order valence-electron chi connectivity index (χ3n) is 3.83. The SMILES string of the molecule is CCc1nn(C)cc1C1C(N)CCC(=O)N1C(C)C. The van der Waals surface area contributed by atoms with Crippen molar-refractivity contribution in [3.05, 3.63) is 17.5 Å². The van der Waals surface area contributed by atoms with Crippen LogP contribution < -0.4 is 5.73 Å². The first kappa shape index (κ1) is 14.1. The van der Waals surface area contributed by atoms with Crippen LogP contribution in [0, 0.1) is 0 Å². The van der Waals surface area contributed by atoms with Gasteiger partial charge < -0.3 is 10.6 Å². The second-order valence-electron chi connectivity index (χ2n) is 5.60. The van der Waals surface area contributed by atoms with Crippen LogP contribution in [0.4, 0.5) is 0 Å². The molecule has 0 spiro atoms. The number of carbonyl (C=O) groups excluding carboxylic acids is 1. The van der Waals surface area contributed by atoms with E-state index in [9.17, 15) is 4.79 Å². The Bertz CT molecular complexity index is 466. The van der Waals surface area contributed by atoms with Crippen LogP contribution >= 0.6 is 0 Å². The summed E-state index contributed by atoms with van der Waals surface area (Å²) in [6, 6.07) is 0.119. The first-order chi connectivity index (χ1) is 8.95. The number of aromatic nitrogens is 2. The Kier molecular flexibility index (Phi) is 3.94. The van der Waals surface area contributed by atoms with E-state index in [1.165, 1.54) is 0 Å². The lowest BCUT2D eigenvalue weighted by atomic mass is 9.89. The first-order valence-corrected chi connectivity index (χ1v) is 7.04. The molecule has 1 aromatic rings. The molecule has 0 aliphatic carbocycles. The predicted octanol–water partition coefficient (Wildman–Crippen LogP) is 1.38. The molecule has 5 heteroatoms. The topological polar surface area (TPSA) is 64.2 Å². The molecule has 1 amide bonds. The number of hydrogen-bond donors (Lipinski definition) is 1. The van der Waals surface area contributed by atoms with E-state index in [1.807, 2.05) is 36.7 Å². The van der Waals surface area contributed by atoms with E-state index < -0.39 is 0 Å². The zero-order valence-corrected chi connectivity index (χ0v) is 12.3. The van der Waals surface area contributed by atoms with Crippen molar-refractivity contribution in [2.45, 2.75) is 58.2 Å². The Balaban J connectivity index is 2.44. The lowest BCUT2D eigenvalue weighted by Gasteiger charge is -2.42. The van der Waals surface area contributed by atoms with Crippen LogP contribution in [0.2, 0.25) is 0 Å². The highest BCUT2D eigenvalue weighted by Crippen LogP contribution is 2.34. The molecule has 0 aromatic carbocycles. The van der Waals surface area contributed by atoms with Crippen molar-refractivity contribution in [2.24, 2.45) is 12.8 Å². The molecule has 1 fully saturated rings. The van der Waals surface area contributed by atoms with Gasteiger partial charge in [0, 0.05) is 37.3 Å². The monoisotopic (exact) mass is 264 g/mol. The summed E-state index contributed by atoms with van der Waals surface area (Å²) in [5, 5.41) is 4.48. The summed E-state index contributed by atoms with van der Waals surface area (Å²) in [5.41, 5.74) is 8.46. The number of rotatable bonds is 3. The largest absolute Gasteiger partial charge is 0.332 e. The van der Waals surface area contributed by atoms with Gasteiger partial charge in [-0.3, -0.25) is 9.48 Å². The van der Waals surface area contributed by atoms with Gasteiger partial charge in [0.15, 0.2) is 0 Å². The van der Waals surface area contributed by atoms with Gasteiger partial charge in [0.2, 0.25) is 5.91 Å². The molecule has 106 valence electrons. The number of amides is 1. The number of carbonyl (C=O) groups is 1. The van der Waals surface area contributed by atoms with E-state index >= 15 is 0 Å². The van der Waals surface area contributed by atoms with Crippen molar-refractivity contribution < 1.29 is 4.79 Å². The summed E-state index contributed by atoms with van der Waals surface area (Å²) in [6.45, 7) is 6.18. The van der Waals surface area contributed by atoms with E-state index in [2.05, 4.69) is 12.0 Å². The van der Waals surface area contributed by atoms with Crippen LogP contribution in [0.5, 0.6) is 0 Å². The van der Waals surface area contributed by atoms with E-state index in [4.69, 9.17) is 5.73 Å². The maximum Gasteiger partial charge on any atom is 0.223 e. The lowest BCUT2D eigenvalue weighted by molar-refractivity contribution is -0.139. The summed E-state index contributed by atoms with van der Waals surface area (Å²) in [5.74, 6) is 0.201. The van der Waals surface area contributed by atoms with Gasteiger partial charge in [-0.1, -0.05) is 6.92 Å². The minimum atomic E-state index is -0.0371. The highest BCUT2D eigenvalue weighted by atomic mass is 16.2. The third-order valence-corrected chi connectivity index (χ3v) is 3.83. The van der Waals surface area contributed by atoms with Crippen molar-refractivity contribution in [1.29, 1.82) is 0 Å².